The Morgan fingerprint density at radius 3 is 1.29 bits per heavy atom. The van der Waals surface area contributed by atoms with Gasteiger partial charge in [-0.2, -0.15) is 0 Å². The first kappa shape index (κ1) is 19.5. The SMILES string of the molecule is N#Cc1ccc([O][Zr+2][O]c2ccc(C#N)cc2)cc1.[Cl-].[Cl-]. The summed E-state index contributed by atoms with van der Waals surface area (Å²) >= 11 is -1.47. The van der Waals surface area contributed by atoms with E-state index in [4.69, 9.17) is 16.2 Å². The second kappa shape index (κ2) is 10.2. The number of rotatable bonds is 4. The molecule has 0 aliphatic carbocycles. The predicted molar refractivity (Wildman–Crippen MR) is 63.6 cm³/mol. The van der Waals surface area contributed by atoms with Crippen LogP contribution in [0.3, 0.4) is 0 Å². The van der Waals surface area contributed by atoms with Crippen molar-refractivity contribution in [1.82, 2.24) is 0 Å². The number of halogens is 2. The molecule has 4 nitrogen and oxygen atoms in total. The summed E-state index contributed by atoms with van der Waals surface area (Å²) < 4.78 is 11.1. The van der Waals surface area contributed by atoms with E-state index in [1.165, 1.54) is 0 Å². The minimum Gasteiger partial charge on any atom is -1.00 e. The Labute approximate surface area is 147 Å². The molecule has 0 aromatic heterocycles. The van der Waals surface area contributed by atoms with E-state index in [0.29, 0.717) is 22.6 Å². The molecule has 2 aromatic rings. The molecule has 0 amide bonds. The Morgan fingerprint density at radius 1 is 0.667 bits per heavy atom. The van der Waals surface area contributed by atoms with Gasteiger partial charge in [-0.3, -0.25) is 0 Å². The number of nitrogens with zero attached hydrogens (tertiary/aromatic N) is 2. The molecule has 0 bridgehead atoms. The quantitative estimate of drug-likeness (QED) is 0.545. The molecule has 0 fully saturated rings. The van der Waals surface area contributed by atoms with E-state index in [-0.39, 0.29) is 24.8 Å². The molecule has 0 atom stereocenters. The summed E-state index contributed by atoms with van der Waals surface area (Å²) in [5.74, 6) is 1.42. The molecule has 0 heterocycles. The second-order valence-electron chi connectivity index (χ2n) is 3.56. The van der Waals surface area contributed by atoms with Crippen molar-refractivity contribution in [3.05, 3.63) is 59.7 Å². The fraction of sp³-hybridized carbons (Fsp3) is 0. The number of benzene rings is 2. The maximum atomic E-state index is 8.67. The van der Waals surface area contributed by atoms with Crippen molar-refractivity contribution in [2.45, 2.75) is 0 Å². The Hall–Kier alpha value is -1.52. The van der Waals surface area contributed by atoms with Gasteiger partial charge < -0.3 is 24.8 Å². The minimum absolute atomic E-state index is 0. The van der Waals surface area contributed by atoms with Crippen LogP contribution in [0.1, 0.15) is 11.1 Å². The predicted octanol–water partition coefficient (Wildman–Crippen LogP) is -3.19. The van der Waals surface area contributed by atoms with Gasteiger partial charge in [0.1, 0.15) is 0 Å². The molecule has 0 radical (unpaired) electrons. The third-order valence-electron chi connectivity index (χ3n) is 2.29. The van der Waals surface area contributed by atoms with Gasteiger partial charge in [0.2, 0.25) is 0 Å². The van der Waals surface area contributed by atoms with Crippen molar-refractivity contribution in [3.63, 3.8) is 0 Å². The van der Waals surface area contributed by atoms with Gasteiger partial charge in [0.05, 0.1) is 0 Å². The molecule has 0 saturated carbocycles. The van der Waals surface area contributed by atoms with Gasteiger partial charge in [0.25, 0.3) is 0 Å². The zero-order valence-corrected chi connectivity index (χ0v) is 14.6. The maximum Gasteiger partial charge on any atom is -1.00 e. The average Bonchev–Trinajstić information content (AvgIpc) is 2.49. The van der Waals surface area contributed by atoms with E-state index >= 15 is 0 Å². The molecular formula is C14H8Cl2N2O2Zr. The van der Waals surface area contributed by atoms with Crippen LogP contribution in [0.5, 0.6) is 11.5 Å². The maximum absolute atomic E-state index is 8.67. The van der Waals surface area contributed by atoms with E-state index in [9.17, 15) is 0 Å². The summed E-state index contributed by atoms with van der Waals surface area (Å²) in [4.78, 5) is 0. The van der Waals surface area contributed by atoms with Crippen LogP contribution in [0.15, 0.2) is 48.5 Å². The molecule has 0 spiro atoms. The van der Waals surface area contributed by atoms with Gasteiger partial charge in [0, 0.05) is 0 Å². The Kier molecular flexibility index (Phi) is 9.50. The van der Waals surface area contributed by atoms with E-state index in [1.54, 1.807) is 48.5 Å². The zero-order chi connectivity index (χ0) is 13.5. The summed E-state index contributed by atoms with van der Waals surface area (Å²) in [6, 6.07) is 17.9. The van der Waals surface area contributed by atoms with Gasteiger partial charge in [-0.05, 0) is 0 Å². The van der Waals surface area contributed by atoms with Gasteiger partial charge in [-0.1, -0.05) is 0 Å². The molecular weight excluding hydrogens is 390 g/mol. The molecule has 0 saturated heterocycles. The summed E-state index contributed by atoms with van der Waals surface area (Å²) in [5, 5.41) is 17.3. The molecule has 104 valence electrons. The van der Waals surface area contributed by atoms with Gasteiger partial charge >= 0.3 is 124 Å². The Bertz CT molecular complexity index is 577. The average molecular weight is 398 g/mol. The number of nitriles is 2. The van der Waals surface area contributed by atoms with Crippen LogP contribution < -0.4 is 30.4 Å². The van der Waals surface area contributed by atoms with Crippen molar-refractivity contribution < 1.29 is 54.6 Å². The molecule has 0 unspecified atom stereocenters. The first-order valence-electron chi connectivity index (χ1n) is 5.41. The zero-order valence-electron chi connectivity index (χ0n) is 10.6. The third-order valence-corrected chi connectivity index (χ3v) is 3.85. The smallest absolute Gasteiger partial charge is 1.00 e. The summed E-state index contributed by atoms with van der Waals surface area (Å²) in [6.45, 7) is 0. The largest absolute Gasteiger partial charge is 1.00 e. The monoisotopic (exact) mass is 396 g/mol. The molecule has 0 aliphatic rings. The van der Waals surface area contributed by atoms with Crippen molar-refractivity contribution in [1.29, 1.82) is 10.5 Å². The summed E-state index contributed by atoms with van der Waals surface area (Å²) in [6.07, 6.45) is 0. The van der Waals surface area contributed by atoms with E-state index < -0.39 is 24.1 Å². The van der Waals surface area contributed by atoms with Crippen LogP contribution >= 0.6 is 0 Å². The van der Waals surface area contributed by atoms with Crippen LogP contribution in [0.25, 0.3) is 0 Å². The van der Waals surface area contributed by atoms with Crippen LogP contribution in [-0.2, 0) is 24.1 Å². The van der Waals surface area contributed by atoms with Gasteiger partial charge in [0.15, 0.2) is 0 Å². The fourth-order valence-corrected chi connectivity index (χ4v) is 2.56. The minimum atomic E-state index is -1.47. The van der Waals surface area contributed by atoms with Gasteiger partial charge in [-0.15, -0.1) is 0 Å². The van der Waals surface area contributed by atoms with Crippen LogP contribution in [0.2, 0.25) is 0 Å². The van der Waals surface area contributed by atoms with Crippen LogP contribution in [-0.4, -0.2) is 0 Å². The van der Waals surface area contributed by atoms with E-state index in [0.717, 1.165) is 0 Å². The van der Waals surface area contributed by atoms with Crippen LogP contribution in [0, 0.1) is 22.7 Å². The van der Waals surface area contributed by atoms with Crippen molar-refractivity contribution >= 4 is 0 Å². The first-order valence-corrected chi connectivity index (χ1v) is 7.41. The Morgan fingerprint density at radius 2 is 1.00 bits per heavy atom. The van der Waals surface area contributed by atoms with Crippen LogP contribution in [0.4, 0.5) is 0 Å². The van der Waals surface area contributed by atoms with Crippen molar-refractivity contribution in [3.8, 4) is 23.6 Å². The molecule has 7 heteroatoms. The fourth-order valence-electron chi connectivity index (χ4n) is 1.31. The first-order chi connectivity index (χ1) is 9.31. The summed E-state index contributed by atoms with van der Waals surface area (Å²) in [5.41, 5.74) is 1.21. The number of hydrogen-bond acceptors (Lipinski definition) is 4. The number of hydrogen-bond donors (Lipinski definition) is 0. The molecule has 2 rings (SSSR count). The van der Waals surface area contributed by atoms with Gasteiger partial charge in [-0.25, -0.2) is 0 Å². The standard InChI is InChI=1S/2C7H5NO.2ClH.Zr/c2*8-5-6-1-3-7(9)4-2-6;;;/h2*1-4,9H;2*1H;/q;;;;+4/p-4. The van der Waals surface area contributed by atoms with E-state index in [2.05, 4.69) is 0 Å². The van der Waals surface area contributed by atoms with Crippen molar-refractivity contribution in [2.75, 3.05) is 0 Å². The molecule has 0 N–H and O–H groups in total. The molecule has 2 aromatic carbocycles. The third kappa shape index (κ3) is 6.19. The molecule has 0 aliphatic heterocycles. The normalized spacial score (nSPS) is 7.90. The van der Waals surface area contributed by atoms with E-state index in [1.807, 2.05) is 12.1 Å². The second-order valence-corrected chi connectivity index (χ2v) is 4.97. The molecule has 21 heavy (non-hydrogen) atoms. The topological polar surface area (TPSA) is 66.0 Å². The van der Waals surface area contributed by atoms with Crippen molar-refractivity contribution in [2.24, 2.45) is 0 Å². The summed E-state index contributed by atoms with van der Waals surface area (Å²) in [7, 11) is 0. The Balaban J connectivity index is 0.00000200.